The van der Waals surface area contributed by atoms with Gasteiger partial charge in [0.05, 0.1) is 31.1 Å². The third-order valence-electron chi connectivity index (χ3n) is 9.67. The Morgan fingerprint density at radius 2 is 1.88 bits per heavy atom. The average molecular weight is 578 g/mol. The fraction of sp³-hybridized carbons (Fsp3) is 0.394. The minimum absolute atomic E-state index is 0.00220. The number of benzene rings is 1. The summed E-state index contributed by atoms with van der Waals surface area (Å²) in [5.74, 6) is 3.02. The van der Waals surface area contributed by atoms with Crippen LogP contribution in [0.2, 0.25) is 0 Å². The van der Waals surface area contributed by atoms with Gasteiger partial charge >= 0.3 is 0 Å². The quantitative estimate of drug-likeness (QED) is 0.300. The molecule has 5 heterocycles. The number of hydrogen-bond donors (Lipinski definition) is 1. The number of hydrogen-bond acceptors (Lipinski definition) is 7. The normalized spacial score (nSPS) is 21.3. The molecule has 1 aromatic carbocycles. The van der Waals surface area contributed by atoms with Gasteiger partial charge in [-0.2, -0.15) is 0 Å². The highest BCUT2D eigenvalue weighted by molar-refractivity contribution is 6.00. The fourth-order valence-electron chi connectivity index (χ4n) is 7.16. The molecule has 3 atom stereocenters. The molecule has 3 unspecified atom stereocenters. The van der Waals surface area contributed by atoms with Crippen LogP contribution in [0.15, 0.2) is 48.7 Å². The number of imidazole rings is 1. The van der Waals surface area contributed by atoms with E-state index in [2.05, 4.69) is 26.3 Å². The minimum atomic E-state index is 0.00220. The van der Waals surface area contributed by atoms with Crippen LogP contribution in [-0.2, 0) is 13.6 Å². The van der Waals surface area contributed by atoms with Crippen LogP contribution in [0.5, 0.6) is 11.6 Å². The Morgan fingerprint density at radius 1 is 1.02 bits per heavy atom. The van der Waals surface area contributed by atoms with Gasteiger partial charge in [-0.3, -0.25) is 4.79 Å². The number of fused-ring (bicyclic) bond motifs is 4. The Labute approximate surface area is 249 Å². The molecular formula is C33H35N7O3. The van der Waals surface area contributed by atoms with Crippen LogP contribution in [0.3, 0.4) is 0 Å². The number of aromatic nitrogens is 5. The molecule has 8 rings (SSSR count). The van der Waals surface area contributed by atoms with Gasteiger partial charge in [-0.15, -0.1) is 0 Å². The Kier molecular flexibility index (Phi) is 5.98. The smallest absolute Gasteiger partial charge is 0.254 e. The Bertz CT molecular complexity index is 1910. The largest absolute Gasteiger partial charge is 0.494 e. The first-order valence-corrected chi connectivity index (χ1v) is 15.1. The first kappa shape index (κ1) is 26.2. The molecule has 220 valence electrons. The van der Waals surface area contributed by atoms with Crippen molar-refractivity contribution in [3.8, 4) is 34.4 Å². The van der Waals surface area contributed by atoms with Gasteiger partial charge in [-0.05, 0) is 73.9 Å². The Morgan fingerprint density at radius 3 is 2.60 bits per heavy atom. The summed E-state index contributed by atoms with van der Waals surface area (Å²) in [5, 5.41) is 1.05. The molecule has 0 spiro atoms. The zero-order chi connectivity index (χ0) is 29.4. The molecule has 1 amide bonds. The lowest BCUT2D eigenvalue weighted by molar-refractivity contribution is 0.0700. The number of pyridine rings is 2. The molecule has 1 aliphatic heterocycles. The van der Waals surface area contributed by atoms with Gasteiger partial charge in [0.1, 0.15) is 16.9 Å². The first-order chi connectivity index (χ1) is 20.9. The predicted molar refractivity (Wildman–Crippen MR) is 164 cm³/mol. The van der Waals surface area contributed by atoms with E-state index in [4.69, 9.17) is 25.2 Å². The van der Waals surface area contributed by atoms with Crippen molar-refractivity contribution in [3.63, 3.8) is 0 Å². The van der Waals surface area contributed by atoms with Crippen LogP contribution in [-0.4, -0.2) is 67.7 Å². The zero-order valence-electron chi connectivity index (χ0n) is 24.7. The van der Waals surface area contributed by atoms with E-state index in [0.29, 0.717) is 29.0 Å². The molecule has 3 fully saturated rings. The number of aryl methyl sites for hydroxylation is 1. The maximum atomic E-state index is 13.7. The summed E-state index contributed by atoms with van der Waals surface area (Å²) < 4.78 is 15.6. The summed E-state index contributed by atoms with van der Waals surface area (Å²) in [6.07, 6.45) is 6.24. The zero-order valence-corrected chi connectivity index (χ0v) is 24.7. The lowest BCUT2D eigenvalue weighted by Crippen LogP contribution is -2.41. The van der Waals surface area contributed by atoms with Crippen molar-refractivity contribution in [2.24, 2.45) is 24.6 Å². The number of carbonyl (C=O) groups excluding carboxylic acids is 1. The second-order valence-corrected chi connectivity index (χ2v) is 12.3. The third-order valence-corrected chi connectivity index (χ3v) is 9.67. The lowest BCUT2D eigenvalue weighted by Gasteiger charge is -2.27. The molecule has 10 heteroatoms. The van der Waals surface area contributed by atoms with E-state index in [1.165, 1.54) is 12.8 Å². The number of carbonyl (C=O) groups is 1. The van der Waals surface area contributed by atoms with Crippen LogP contribution in [0.4, 0.5) is 0 Å². The summed E-state index contributed by atoms with van der Waals surface area (Å²) in [4.78, 5) is 30.2. The number of nitrogens with zero attached hydrogens (tertiary/aromatic N) is 6. The van der Waals surface area contributed by atoms with Gasteiger partial charge in [0.2, 0.25) is 5.88 Å². The number of methoxy groups -OCH3 is 2. The van der Waals surface area contributed by atoms with Gasteiger partial charge in [0, 0.05) is 61.0 Å². The summed E-state index contributed by atoms with van der Waals surface area (Å²) in [7, 11) is 5.27. The highest BCUT2D eigenvalue weighted by Gasteiger charge is 2.47. The second kappa shape index (κ2) is 9.80. The van der Waals surface area contributed by atoms with Crippen molar-refractivity contribution in [1.82, 2.24) is 29.0 Å². The minimum Gasteiger partial charge on any atom is -0.494 e. The van der Waals surface area contributed by atoms with E-state index in [1.807, 2.05) is 42.3 Å². The van der Waals surface area contributed by atoms with E-state index >= 15 is 0 Å². The van der Waals surface area contributed by atoms with Crippen LogP contribution in [0, 0.1) is 11.8 Å². The highest BCUT2D eigenvalue weighted by atomic mass is 16.5. The van der Waals surface area contributed by atoms with E-state index in [9.17, 15) is 4.79 Å². The van der Waals surface area contributed by atoms with Crippen LogP contribution in [0.25, 0.3) is 44.8 Å². The SMILES string of the molecule is COc1cc(-c2ccc3cc(-c4nc5cc(C(=O)N6CC7CCC6C7N)cc(OC)c5n4C)n(CC4CC4)c3n2)ccn1. The summed E-state index contributed by atoms with van der Waals surface area (Å²) in [5.41, 5.74) is 12.3. The molecule has 43 heavy (non-hydrogen) atoms. The molecular weight excluding hydrogens is 542 g/mol. The number of ether oxygens (including phenoxy) is 2. The number of rotatable bonds is 7. The van der Waals surface area contributed by atoms with Gasteiger partial charge in [-0.25, -0.2) is 15.0 Å². The number of amides is 1. The van der Waals surface area contributed by atoms with Crippen molar-refractivity contribution >= 4 is 28.0 Å². The fourth-order valence-corrected chi connectivity index (χ4v) is 7.16. The highest BCUT2D eigenvalue weighted by Crippen LogP contribution is 2.40. The van der Waals surface area contributed by atoms with Crippen molar-refractivity contribution in [3.05, 3.63) is 54.2 Å². The molecule has 5 aromatic rings. The first-order valence-electron chi connectivity index (χ1n) is 15.1. The molecule has 3 aliphatic rings. The van der Waals surface area contributed by atoms with E-state index in [1.54, 1.807) is 20.4 Å². The van der Waals surface area contributed by atoms with Crippen molar-refractivity contribution in [2.75, 3.05) is 20.8 Å². The van der Waals surface area contributed by atoms with Crippen LogP contribution >= 0.6 is 0 Å². The van der Waals surface area contributed by atoms with Gasteiger partial charge in [-0.1, -0.05) is 0 Å². The van der Waals surface area contributed by atoms with Crippen molar-refractivity contribution in [2.45, 2.75) is 44.3 Å². The maximum Gasteiger partial charge on any atom is 0.254 e. The molecule has 2 saturated carbocycles. The molecule has 2 aliphatic carbocycles. The number of likely N-dealkylation sites (tertiary alicyclic amines) is 1. The van der Waals surface area contributed by atoms with Crippen LogP contribution < -0.4 is 15.2 Å². The van der Waals surface area contributed by atoms with Gasteiger partial charge < -0.3 is 29.2 Å². The Balaban J connectivity index is 1.24. The standard InChI is InChI=1S/C33H35N7O3/c1-38-30-24(12-22(14-27(30)42-2)33(41)40-17-21-7-9-25(40)29(21)34)37-32(38)26-13-20-6-8-23(19-10-11-35-28(15-19)43-3)36-31(20)39(26)16-18-4-5-18/h6,8,10-15,18,21,25,29H,4-5,7,9,16-17,34H2,1-3H3. The van der Waals surface area contributed by atoms with Crippen LogP contribution in [0.1, 0.15) is 36.0 Å². The molecule has 1 saturated heterocycles. The lowest BCUT2D eigenvalue weighted by atomic mass is 10.1. The topological polar surface area (TPSA) is 113 Å². The van der Waals surface area contributed by atoms with Crippen molar-refractivity contribution in [1.29, 1.82) is 0 Å². The monoisotopic (exact) mass is 577 g/mol. The van der Waals surface area contributed by atoms with Gasteiger partial charge in [0.25, 0.3) is 5.91 Å². The predicted octanol–water partition coefficient (Wildman–Crippen LogP) is 4.64. The molecule has 10 nitrogen and oxygen atoms in total. The third kappa shape index (κ3) is 4.18. The summed E-state index contributed by atoms with van der Waals surface area (Å²) >= 11 is 0. The van der Waals surface area contributed by atoms with E-state index in [-0.39, 0.29) is 18.0 Å². The summed E-state index contributed by atoms with van der Waals surface area (Å²) in [6.45, 7) is 1.60. The average Bonchev–Trinajstić information content (AvgIpc) is 3.44. The molecule has 2 bridgehead atoms. The molecule has 4 aromatic heterocycles. The number of piperidine rings is 1. The van der Waals surface area contributed by atoms with E-state index < -0.39 is 0 Å². The van der Waals surface area contributed by atoms with Gasteiger partial charge in [0.15, 0.2) is 5.82 Å². The van der Waals surface area contributed by atoms with Crippen molar-refractivity contribution < 1.29 is 14.3 Å². The molecule has 2 N–H and O–H groups in total. The Hall–Kier alpha value is -4.44. The molecule has 0 radical (unpaired) electrons. The second-order valence-electron chi connectivity index (χ2n) is 12.3. The summed E-state index contributed by atoms with van der Waals surface area (Å²) in [6, 6.07) is 14.1. The van der Waals surface area contributed by atoms with E-state index in [0.717, 1.165) is 70.8 Å². The maximum absolute atomic E-state index is 13.7. The number of nitrogens with two attached hydrogens (primary N) is 1.